The molecule has 0 amide bonds. The molecule has 0 fully saturated rings. The van der Waals surface area contributed by atoms with Crippen LogP contribution in [0.4, 0.5) is 0 Å². The van der Waals surface area contributed by atoms with Gasteiger partial charge in [-0.2, -0.15) is 10.1 Å². The molecule has 1 N–H and O–H groups in total. The Hall–Kier alpha value is -2.94. The van der Waals surface area contributed by atoms with Gasteiger partial charge in [-0.05, 0) is 25.5 Å². The molecule has 8 nitrogen and oxygen atoms in total. The van der Waals surface area contributed by atoms with Gasteiger partial charge < -0.3 is 9.51 Å². The smallest absolute Gasteiger partial charge is 0.262 e. The van der Waals surface area contributed by atoms with Gasteiger partial charge in [0, 0.05) is 6.42 Å². The van der Waals surface area contributed by atoms with Crippen molar-refractivity contribution in [2.24, 2.45) is 0 Å². The highest BCUT2D eigenvalue weighted by molar-refractivity contribution is 7.99. The van der Waals surface area contributed by atoms with Crippen molar-refractivity contribution in [3.63, 3.8) is 0 Å². The SMILES string of the molecule is CCCCc1noc(C(C)Sc2nc3c(cnn3-c3ccccc3)c(=O)[nH]2)n1. The van der Waals surface area contributed by atoms with E-state index in [-0.39, 0.29) is 10.8 Å². The molecular formula is C19H20N6O2S. The summed E-state index contributed by atoms with van der Waals surface area (Å²) < 4.78 is 7.03. The standard InChI is InChI=1S/C19H20N6O2S/c1-3-4-10-15-21-18(27-24-15)12(2)28-19-22-16-14(17(26)23-19)11-20-25(16)13-8-6-5-7-9-13/h5-9,11-12H,3-4,10H2,1-2H3,(H,22,23,26). The lowest BCUT2D eigenvalue weighted by Gasteiger charge is -2.07. The van der Waals surface area contributed by atoms with Gasteiger partial charge >= 0.3 is 0 Å². The summed E-state index contributed by atoms with van der Waals surface area (Å²) in [5.74, 6) is 1.23. The normalized spacial score (nSPS) is 12.5. The van der Waals surface area contributed by atoms with Crippen LogP contribution in [-0.2, 0) is 6.42 Å². The van der Waals surface area contributed by atoms with Crippen LogP contribution in [0.5, 0.6) is 0 Å². The molecule has 0 aliphatic rings. The Morgan fingerprint density at radius 1 is 1.25 bits per heavy atom. The molecule has 4 rings (SSSR count). The molecular weight excluding hydrogens is 376 g/mol. The van der Waals surface area contributed by atoms with Crippen molar-refractivity contribution < 1.29 is 4.52 Å². The van der Waals surface area contributed by atoms with Crippen LogP contribution in [0.3, 0.4) is 0 Å². The number of nitrogens with zero attached hydrogens (tertiary/aromatic N) is 5. The summed E-state index contributed by atoms with van der Waals surface area (Å²) in [4.78, 5) is 24.3. The molecule has 0 bridgehead atoms. The van der Waals surface area contributed by atoms with E-state index < -0.39 is 0 Å². The predicted molar refractivity (Wildman–Crippen MR) is 107 cm³/mol. The molecule has 0 spiro atoms. The Morgan fingerprint density at radius 3 is 2.86 bits per heavy atom. The van der Waals surface area contributed by atoms with Gasteiger partial charge in [-0.3, -0.25) is 4.79 Å². The van der Waals surface area contributed by atoms with Crippen molar-refractivity contribution in [3.05, 3.63) is 58.6 Å². The van der Waals surface area contributed by atoms with E-state index in [1.54, 1.807) is 4.68 Å². The first-order chi connectivity index (χ1) is 13.7. The topological polar surface area (TPSA) is 102 Å². The molecule has 28 heavy (non-hydrogen) atoms. The van der Waals surface area contributed by atoms with Gasteiger partial charge in [-0.15, -0.1) is 0 Å². The maximum atomic E-state index is 12.5. The second kappa shape index (κ2) is 7.97. The van der Waals surface area contributed by atoms with E-state index in [1.165, 1.54) is 18.0 Å². The lowest BCUT2D eigenvalue weighted by molar-refractivity contribution is 0.374. The number of thioether (sulfide) groups is 1. The summed E-state index contributed by atoms with van der Waals surface area (Å²) in [6.07, 6.45) is 4.43. The number of hydrogen-bond acceptors (Lipinski definition) is 7. The average molecular weight is 396 g/mol. The molecule has 9 heteroatoms. The fraction of sp³-hybridized carbons (Fsp3) is 0.316. The number of rotatable bonds is 7. The number of aryl methyl sites for hydroxylation is 1. The summed E-state index contributed by atoms with van der Waals surface area (Å²) in [6.45, 7) is 4.07. The number of nitrogens with one attached hydrogen (secondary N) is 1. The van der Waals surface area contributed by atoms with Gasteiger partial charge in [0.25, 0.3) is 5.56 Å². The molecule has 1 unspecified atom stereocenters. The first kappa shape index (κ1) is 18.4. The molecule has 4 aromatic rings. The fourth-order valence-corrected chi connectivity index (χ4v) is 3.62. The zero-order chi connectivity index (χ0) is 19.5. The first-order valence-electron chi connectivity index (χ1n) is 9.18. The molecule has 144 valence electrons. The van der Waals surface area contributed by atoms with Crippen LogP contribution in [-0.4, -0.2) is 29.9 Å². The number of fused-ring (bicyclic) bond motifs is 1. The highest BCUT2D eigenvalue weighted by atomic mass is 32.2. The van der Waals surface area contributed by atoms with E-state index in [0.29, 0.717) is 27.9 Å². The molecule has 0 saturated heterocycles. The second-order valence-electron chi connectivity index (χ2n) is 6.41. The Labute approximate surface area is 165 Å². The van der Waals surface area contributed by atoms with Crippen molar-refractivity contribution >= 4 is 22.8 Å². The highest BCUT2D eigenvalue weighted by Gasteiger charge is 2.19. The quantitative estimate of drug-likeness (QED) is 0.375. The van der Waals surface area contributed by atoms with Crippen LogP contribution < -0.4 is 5.56 Å². The molecule has 3 heterocycles. The van der Waals surface area contributed by atoms with Gasteiger partial charge in [0.05, 0.1) is 17.1 Å². The summed E-state index contributed by atoms with van der Waals surface area (Å²) in [5.41, 5.74) is 1.13. The second-order valence-corrected chi connectivity index (χ2v) is 7.74. The van der Waals surface area contributed by atoms with E-state index in [1.807, 2.05) is 37.3 Å². The first-order valence-corrected chi connectivity index (χ1v) is 10.1. The number of aromatic amines is 1. The average Bonchev–Trinajstić information content (AvgIpc) is 3.34. The van der Waals surface area contributed by atoms with Crippen LogP contribution in [0.25, 0.3) is 16.7 Å². The monoisotopic (exact) mass is 396 g/mol. The minimum atomic E-state index is -0.226. The largest absolute Gasteiger partial charge is 0.338 e. The third-order valence-corrected chi connectivity index (χ3v) is 5.26. The van der Waals surface area contributed by atoms with Gasteiger partial charge in [0.2, 0.25) is 5.89 Å². The minimum absolute atomic E-state index is 0.142. The fourth-order valence-electron chi connectivity index (χ4n) is 2.80. The van der Waals surface area contributed by atoms with E-state index in [2.05, 4.69) is 32.1 Å². The van der Waals surface area contributed by atoms with Crippen LogP contribution in [0.15, 0.2) is 51.0 Å². The summed E-state index contributed by atoms with van der Waals surface area (Å²) in [7, 11) is 0. The number of aromatic nitrogens is 6. The highest BCUT2D eigenvalue weighted by Crippen LogP contribution is 2.32. The zero-order valence-electron chi connectivity index (χ0n) is 15.6. The van der Waals surface area contributed by atoms with Crippen molar-refractivity contribution in [3.8, 4) is 5.69 Å². The van der Waals surface area contributed by atoms with Crippen molar-refractivity contribution in [1.29, 1.82) is 0 Å². The molecule has 3 aromatic heterocycles. The third-order valence-electron chi connectivity index (χ3n) is 4.29. The molecule has 1 atom stereocenters. The predicted octanol–water partition coefficient (Wildman–Crippen LogP) is 3.69. The lowest BCUT2D eigenvalue weighted by atomic mass is 10.2. The van der Waals surface area contributed by atoms with E-state index >= 15 is 0 Å². The number of benzene rings is 1. The molecule has 0 saturated carbocycles. The van der Waals surface area contributed by atoms with Crippen molar-refractivity contribution in [2.75, 3.05) is 0 Å². The molecule has 0 radical (unpaired) electrons. The third kappa shape index (κ3) is 3.70. The van der Waals surface area contributed by atoms with Crippen LogP contribution >= 0.6 is 11.8 Å². The maximum absolute atomic E-state index is 12.5. The number of H-pyrrole nitrogens is 1. The number of para-hydroxylation sites is 1. The molecule has 1 aromatic carbocycles. The zero-order valence-corrected chi connectivity index (χ0v) is 16.4. The maximum Gasteiger partial charge on any atom is 0.262 e. The summed E-state index contributed by atoms with van der Waals surface area (Å²) in [6, 6.07) is 9.60. The van der Waals surface area contributed by atoms with Gasteiger partial charge in [0.15, 0.2) is 16.6 Å². The summed E-state index contributed by atoms with van der Waals surface area (Å²) in [5, 5.41) is 9.13. The molecule has 0 aliphatic heterocycles. The van der Waals surface area contributed by atoms with Crippen molar-refractivity contribution in [2.45, 2.75) is 43.5 Å². The van der Waals surface area contributed by atoms with Gasteiger partial charge in [-0.25, -0.2) is 9.67 Å². The van der Waals surface area contributed by atoms with Gasteiger partial charge in [0.1, 0.15) is 5.39 Å². The lowest BCUT2D eigenvalue weighted by Crippen LogP contribution is -2.10. The summed E-state index contributed by atoms with van der Waals surface area (Å²) >= 11 is 1.37. The van der Waals surface area contributed by atoms with Gasteiger partial charge in [-0.1, -0.05) is 48.5 Å². The Bertz CT molecular complexity index is 1130. The van der Waals surface area contributed by atoms with Crippen LogP contribution in [0.2, 0.25) is 0 Å². The van der Waals surface area contributed by atoms with E-state index in [4.69, 9.17) is 4.52 Å². The van der Waals surface area contributed by atoms with Crippen LogP contribution in [0, 0.1) is 0 Å². The van der Waals surface area contributed by atoms with E-state index in [0.717, 1.165) is 24.9 Å². The Balaban J connectivity index is 1.62. The number of hydrogen-bond donors (Lipinski definition) is 1. The Kier molecular flexibility index (Phi) is 5.25. The van der Waals surface area contributed by atoms with E-state index in [9.17, 15) is 4.79 Å². The minimum Gasteiger partial charge on any atom is -0.338 e. The molecule has 0 aliphatic carbocycles. The Morgan fingerprint density at radius 2 is 2.07 bits per heavy atom. The van der Waals surface area contributed by atoms with Crippen LogP contribution in [0.1, 0.15) is 43.7 Å². The van der Waals surface area contributed by atoms with Crippen molar-refractivity contribution in [1.82, 2.24) is 29.9 Å². The number of unbranched alkanes of at least 4 members (excludes halogenated alkanes) is 1.